The molecule has 0 fully saturated rings. The van der Waals surface area contributed by atoms with E-state index in [1.165, 1.54) is 11.1 Å². The highest BCUT2D eigenvalue weighted by molar-refractivity contribution is 9.10. The average Bonchev–Trinajstić information content (AvgIpc) is 3.04. The van der Waals surface area contributed by atoms with Crippen molar-refractivity contribution in [3.63, 3.8) is 0 Å². The van der Waals surface area contributed by atoms with Crippen molar-refractivity contribution in [2.75, 3.05) is 6.61 Å². The third-order valence-electron chi connectivity index (χ3n) is 3.43. The molecule has 1 aliphatic heterocycles. The molecule has 1 unspecified atom stereocenters. The number of benzene rings is 1. The Morgan fingerprint density at radius 3 is 3.10 bits per heavy atom. The van der Waals surface area contributed by atoms with E-state index in [-0.39, 0.29) is 6.04 Å². The molecule has 6 heteroatoms. The minimum absolute atomic E-state index is 0.0591. The predicted molar refractivity (Wildman–Crippen MR) is 84.0 cm³/mol. The molecule has 0 spiro atoms. The lowest BCUT2D eigenvalue weighted by atomic mass is 10.0. The summed E-state index contributed by atoms with van der Waals surface area (Å²) in [5, 5.41) is 1.05. The molecular formula is C14H16BrN3OS. The summed E-state index contributed by atoms with van der Waals surface area (Å²) in [5.74, 6) is 6.74. The van der Waals surface area contributed by atoms with Crippen LogP contribution in [0, 0.1) is 6.92 Å². The Balaban J connectivity index is 1.90. The van der Waals surface area contributed by atoms with Gasteiger partial charge in [-0.3, -0.25) is 11.3 Å². The van der Waals surface area contributed by atoms with Gasteiger partial charge < -0.3 is 4.74 Å². The highest BCUT2D eigenvalue weighted by Gasteiger charge is 2.21. The number of aryl methyl sites for hydroxylation is 1. The van der Waals surface area contributed by atoms with Gasteiger partial charge in [0.15, 0.2) is 0 Å². The third kappa shape index (κ3) is 2.74. The monoisotopic (exact) mass is 353 g/mol. The number of halogens is 1. The van der Waals surface area contributed by atoms with E-state index in [1.807, 2.05) is 13.1 Å². The predicted octanol–water partition coefficient (Wildman–Crippen LogP) is 2.90. The van der Waals surface area contributed by atoms with Crippen molar-refractivity contribution in [3.8, 4) is 5.75 Å². The van der Waals surface area contributed by atoms with Crippen molar-refractivity contribution in [3.05, 3.63) is 43.8 Å². The molecular weight excluding hydrogens is 338 g/mol. The maximum Gasteiger partial charge on any atom is 0.125 e. The fourth-order valence-corrected chi connectivity index (χ4v) is 3.90. The fourth-order valence-electron chi connectivity index (χ4n) is 2.50. The Kier molecular flexibility index (Phi) is 4.07. The van der Waals surface area contributed by atoms with Crippen LogP contribution in [-0.4, -0.2) is 11.6 Å². The van der Waals surface area contributed by atoms with Gasteiger partial charge >= 0.3 is 0 Å². The molecule has 0 saturated heterocycles. The Morgan fingerprint density at radius 1 is 1.55 bits per heavy atom. The van der Waals surface area contributed by atoms with Crippen LogP contribution in [0.4, 0.5) is 0 Å². The summed E-state index contributed by atoms with van der Waals surface area (Å²) in [6.45, 7) is 2.76. The van der Waals surface area contributed by atoms with Crippen LogP contribution in [0.3, 0.4) is 0 Å². The molecule has 20 heavy (non-hydrogen) atoms. The van der Waals surface area contributed by atoms with Crippen LogP contribution in [0.5, 0.6) is 5.75 Å². The number of nitrogens with two attached hydrogens (primary N) is 1. The molecule has 2 heterocycles. The molecule has 2 aromatic rings. The first kappa shape index (κ1) is 14.0. The molecule has 0 bridgehead atoms. The fraction of sp³-hybridized carbons (Fsp3) is 0.357. The van der Waals surface area contributed by atoms with Crippen molar-refractivity contribution in [1.29, 1.82) is 0 Å². The van der Waals surface area contributed by atoms with Gasteiger partial charge in [-0.05, 0) is 36.6 Å². The second kappa shape index (κ2) is 5.81. The maximum atomic E-state index is 5.77. The van der Waals surface area contributed by atoms with E-state index in [0.29, 0.717) is 0 Å². The van der Waals surface area contributed by atoms with Gasteiger partial charge in [-0.2, -0.15) is 0 Å². The zero-order valence-corrected chi connectivity index (χ0v) is 13.6. The summed E-state index contributed by atoms with van der Waals surface area (Å²) in [5.41, 5.74) is 5.34. The minimum Gasteiger partial charge on any atom is -0.493 e. The first-order chi connectivity index (χ1) is 9.67. The Morgan fingerprint density at radius 2 is 2.40 bits per heavy atom. The van der Waals surface area contributed by atoms with Crippen LogP contribution in [-0.2, 0) is 12.8 Å². The molecule has 0 amide bonds. The first-order valence-corrected chi connectivity index (χ1v) is 8.11. The quantitative estimate of drug-likeness (QED) is 0.655. The molecule has 0 saturated carbocycles. The molecule has 1 aromatic heterocycles. The topological polar surface area (TPSA) is 60.2 Å². The number of nitrogens with one attached hydrogen (secondary N) is 1. The summed E-state index contributed by atoms with van der Waals surface area (Å²) in [6, 6.07) is 4.31. The van der Waals surface area contributed by atoms with Crippen LogP contribution in [0.15, 0.2) is 22.8 Å². The first-order valence-electron chi connectivity index (χ1n) is 6.50. The summed E-state index contributed by atoms with van der Waals surface area (Å²) in [4.78, 5) is 5.45. The van der Waals surface area contributed by atoms with Gasteiger partial charge in [0.25, 0.3) is 0 Å². The molecule has 3 rings (SSSR count). The van der Waals surface area contributed by atoms with E-state index < -0.39 is 0 Å². The second-order valence-electron chi connectivity index (χ2n) is 4.86. The number of rotatable bonds is 4. The third-order valence-corrected chi connectivity index (χ3v) is 4.92. The number of ether oxygens (including phenoxy) is 1. The number of aromatic nitrogens is 1. The summed E-state index contributed by atoms with van der Waals surface area (Å²) >= 11 is 5.24. The van der Waals surface area contributed by atoms with Gasteiger partial charge in [-0.1, -0.05) is 15.9 Å². The number of fused-ring (bicyclic) bond motifs is 1. The highest BCUT2D eigenvalue weighted by atomic mass is 79.9. The van der Waals surface area contributed by atoms with Gasteiger partial charge in [0.2, 0.25) is 0 Å². The van der Waals surface area contributed by atoms with Crippen LogP contribution < -0.4 is 16.0 Å². The number of hydrogen-bond donors (Lipinski definition) is 2. The zero-order valence-electron chi connectivity index (χ0n) is 11.1. The van der Waals surface area contributed by atoms with Gasteiger partial charge in [0.1, 0.15) is 5.75 Å². The van der Waals surface area contributed by atoms with Gasteiger partial charge in [-0.15, -0.1) is 11.3 Å². The number of thiazole rings is 1. The Hall–Kier alpha value is -0.950. The highest BCUT2D eigenvalue weighted by Crippen LogP contribution is 2.35. The molecule has 0 aliphatic carbocycles. The maximum absolute atomic E-state index is 5.77. The molecule has 0 radical (unpaired) electrons. The van der Waals surface area contributed by atoms with Crippen LogP contribution in [0.1, 0.15) is 27.1 Å². The van der Waals surface area contributed by atoms with E-state index in [1.54, 1.807) is 11.3 Å². The van der Waals surface area contributed by atoms with Crippen molar-refractivity contribution >= 4 is 27.3 Å². The lowest BCUT2D eigenvalue weighted by molar-refractivity contribution is 0.351. The summed E-state index contributed by atoms with van der Waals surface area (Å²) in [6.07, 6.45) is 3.66. The standard InChI is InChI=1S/C14H16BrN3OS/c1-8-17-7-13(20-8)12(18-16)6-10-5-11(15)4-9-2-3-19-14(9)10/h4-5,7,12,18H,2-3,6,16H2,1H3. The molecule has 106 valence electrons. The lowest BCUT2D eigenvalue weighted by Gasteiger charge is -2.16. The van der Waals surface area contributed by atoms with Crippen molar-refractivity contribution in [2.45, 2.75) is 25.8 Å². The van der Waals surface area contributed by atoms with Gasteiger partial charge in [0, 0.05) is 22.0 Å². The van der Waals surface area contributed by atoms with Crippen LogP contribution >= 0.6 is 27.3 Å². The van der Waals surface area contributed by atoms with E-state index in [4.69, 9.17) is 10.6 Å². The van der Waals surface area contributed by atoms with Gasteiger partial charge in [0.05, 0.1) is 17.7 Å². The molecule has 3 N–H and O–H groups in total. The molecule has 1 aromatic carbocycles. The van der Waals surface area contributed by atoms with E-state index in [2.05, 4.69) is 38.5 Å². The van der Waals surface area contributed by atoms with Crippen LogP contribution in [0.2, 0.25) is 0 Å². The molecule has 4 nitrogen and oxygen atoms in total. The minimum atomic E-state index is 0.0591. The van der Waals surface area contributed by atoms with E-state index in [0.717, 1.165) is 39.6 Å². The second-order valence-corrected chi connectivity index (χ2v) is 7.04. The van der Waals surface area contributed by atoms with Gasteiger partial charge in [-0.25, -0.2) is 4.98 Å². The SMILES string of the molecule is Cc1ncc(C(Cc2cc(Br)cc3c2OCC3)NN)s1. The van der Waals surface area contributed by atoms with Crippen molar-refractivity contribution in [2.24, 2.45) is 5.84 Å². The smallest absolute Gasteiger partial charge is 0.125 e. The van der Waals surface area contributed by atoms with E-state index >= 15 is 0 Å². The lowest BCUT2D eigenvalue weighted by Crippen LogP contribution is -2.29. The normalized spacial score (nSPS) is 14.9. The number of nitrogens with zero attached hydrogens (tertiary/aromatic N) is 1. The molecule has 1 aliphatic rings. The zero-order chi connectivity index (χ0) is 14.1. The van der Waals surface area contributed by atoms with Crippen molar-refractivity contribution < 1.29 is 4.74 Å². The van der Waals surface area contributed by atoms with E-state index in [9.17, 15) is 0 Å². The Labute approximate surface area is 130 Å². The number of hydrogen-bond acceptors (Lipinski definition) is 5. The van der Waals surface area contributed by atoms with Crippen molar-refractivity contribution in [1.82, 2.24) is 10.4 Å². The number of hydrazine groups is 1. The largest absolute Gasteiger partial charge is 0.493 e. The summed E-state index contributed by atoms with van der Waals surface area (Å²) < 4.78 is 6.86. The summed E-state index contributed by atoms with van der Waals surface area (Å²) in [7, 11) is 0. The molecule has 1 atom stereocenters. The Bertz CT molecular complexity index is 629. The average molecular weight is 354 g/mol. The van der Waals surface area contributed by atoms with Crippen LogP contribution in [0.25, 0.3) is 0 Å².